The Balaban J connectivity index is 0.000000309. The molecule has 0 amide bonds. The quantitative estimate of drug-likeness (QED) is 0.346. The molecule has 3 rings (SSSR count). The normalized spacial score (nSPS) is 30.6. The second kappa shape index (κ2) is 13.8. The molecule has 6 atom stereocenters. The fraction of sp³-hybridized carbons (Fsp3) is 0.909. The van der Waals surface area contributed by atoms with Crippen LogP contribution < -0.4 is 0 Å². The summed E-state index contributed by atoms with van der Waals surface area (Å²) in [6, 6.07) is 0. The number of ether oxygens (including phenoxy) is 8. The highest BCUT2D eigenvalue weighted by molar-refractivity contribution is 5.74. The summed E-state index contributed by atoms with van der Waals surface area (Å²) in [6.07, 6.45) is -5.23. The Morgan fingerprint density at radius 3 is 1.81 bits per heavy atom. The van der Waals surface area contributed by atoms with Crippen molar-refractivity contribution in [3.05, 3.63) is 0 Å². The predicted octanol–water partition coefficient (Wildman–Crippen LogP) is 2.84. The summed E-state index contributed by atoms with van der Waals surface area (Å²) < 4.78 is 75.1. The molecule has 3 aliphatic heterocycles. The smallest absolute Gasteiger partial charge is 0.475 e. The lowest BCUT2D eigenvalue weighted by molar-refractivity contribution is -0.365. The number of hydrogen-bond donors (Lipinski definition) is 1. The maximum Gasteiger partial charge on any atom is 0.490 e. The van der Waals surface area contributed by atoms with E-state index in [4.69, 9.17) is 47.8 Å². The zero-order valence-electron chi connectivity index (χ0n) is 21.6. The number of alkyl halides is 3. The van der Waals surface area contributed by atoms with E-state index in [9.17, 15) is 18.0 Å². The van der Waals surface area contributed by atoms with E-state index in [1.807, 2.05) is 27.7 Å². The maximum absolute atomic E-state index is 11.6. The number of aliphatic carboxylic acids is 1. The third kappa shape index (κ3) is 8.78. The first-order valence-corrected chi connectivity index (χ1v) is 11.7. The Labute approximate surface area is 208 Å². The van der Waals surface area contributed by atoms with Gasteiger partial charge in [0.05, 0.1) is 19.1 Å². The first-order valence-electron chi connectivity index (χ1n) is 11.7. The highest BCUT2D eigenvalue weighted by Gasteiger charge is 2.64. The van der Waals surface area contributed by atoms with Gasteiger partial charge in [0.1, 0.15) is 18.3 Å². The fourth-order valence-corrected chi connectivity index (χ4v) is 4.08. The molecule has 0 aliphatic carbocycles. The molecule has 2 bridgehead atoms. The molecule has 0 aromatic carbocycles. The van der Waals surface area contributed by atoms with Gasteiger partial charge >= 0.3 is 18.1 Å². The molecule has 0 spiro atoms. The minimum Gasteiger partial charge on any atom is -0.475 e. The number of carboxylic acids is 1. The SMILES string of the molecule is CCOC(C)(OCC)OCC.CCOC1(C)OC2C3CC(C(=O)OC)[C@H](O3)[C@H]2O1.O=C(O)C(F)(F)F. The van der Waals surface area contributed by atoms with E-state index < -0.39 is 24.1 Å². The molecule has 36 heavy (non-hydrogen) atoms. The zero-order chi connectivity index (χ0) is 27.7. The fourth-order valence-electron chi connectivity index (χ4n) is 4.08. The molecule has 212 valence electrons. The number of carboxylic acid groups (broad SMARTS) is 1. The van der Waals surface area contributed by atoms with Gasteiger partial charge in [0.15, 0.2) is 0 Å². The number of rotatable bonds is 9. The van der Waals surface area contributed by atoms with Gasteiger partial charge in [-0.3, -0.25) is 4.79 Å². The highest BCUT2D eigenvalue weighted by atomic mass is 19.4. The number of hydrogen-bond acceptors (Lipinski definition) is 10. The molecule has 3 fully saturated rings. The van der Waals surface area contributed by atoms with E-state index in [2.05, 4.69) is 0 Å². The zero-order valence-corrected chi connectivity index (χ0v) is 21.6. The number of fused-ring (bicyclic) bond motifs is 5. The highest BCUT2D eigenvalue weighted by Crippen LogP contribution is 2.49. The molecule has 11 nitrogen and oxygen atoms in total. The van der Waals surface area contributed by atoms with Crippen molar-refractivity contribution in [2.24, 2.45) is 5.92 Å². The molecule has 14 heteroatoms. The van der Waals surface area contributed by atoms with Gasteiger partial charge in [0, 0.05) is 40.3 Å². The monoisotopic (exact) mass is 534 g/mol. The van der Waals surface area contributed by atoms with E-state index in [0.717, 1.165) is 0 Å². The molecular weight excluding hydrogens is 497 g/mol. The molecule has 4 unspecified atom stereocenters. The molecule has 3 heterocycles. The van der Waals surface area contributed by atoms with Gasteiger partial charge in [-0.25, -0.2) is 4.79 Å². The third-order valence-corrected chi connectivity index (χ3v) is 5.30. The molecule has 0 radical (unpaired) electrons. The standard InChI is InChI=1S/C12H18O6.C8H18O3.C2HF3O2/c1-4-15-12(2)17-9-7-5-6(11(13)14-3)8(16-7)10(9)18-12;1-5-9-8(4,10-6-2)11-7-3;3-2(4,5)1(6)7/h6-10H,4-5H2,1-3H3;5-7H2,1-4H3;(H,6,7)/t6?,7?,8-,9?,10+,12?;;/m0../s1. The van der Waals surface area contributed by atoms with E-state index in [-0.39, 0.29) is 36.3 Å². The lowest BCUT2D eigenvalue weighted by Crippen LogP contribution is -2.42. The van der Waals surface area contributed by atoms with Gasteiger partial charge in [0.2, 0.25) is 0 Å². The Hall–Kier alpha value is -1.55. The minimum absolute atomic E-state index is 0.105. The van der Waals surface area contributed by atoms with Crippen LogP contribution in [0.3, 0.4) is 0 Å². The largest absolute Gasteiger partial charge is 0.490 e. The third-order valence-electron chi connectivity index (χ3n) is 5.30. The minimum atomic E-state index is -5.08. The van der Waals surface area contributed by atoms with Crippen molar-refractivity contribution in [1.82, 2.24) is 0 Å². The summed E-state index contributed by atoms with van der Waals surface area (Å²) in [6.45, 7) is 13.4. The first kappa shape index (κ1) is 32.5. The molecule has 3 saturated heterocycles. The second-order valence-electron chi connectivity index (χ2n) is 7.93. The van der Waals surface area contributed by atoms with Crippen molar-refractivity contribution in [3.63, 3.8) is 0 Å². The molecular formula is C22H37F3O11. The molecule has 0 aromatic rings. The van der Waals surface area contributed by atoms with Crippen molar-refractivity contribution in [1.29, 1.82) is 0 Å². The van der Waals surface area contributed by atoms with Crippen LogP contribution in [-0.2, 0) is 47.5 Å². The predicted molar refractivity (Wildman–Crippen MR) is 116 cm³/mol. The van der Waals surface area contributed by atoms with Crippen LogP contribution in [0, 0.1) is 5.92 Å². The number of methoxy groups -OCH3 is 1. The van der Waals surface area contributed by atoms with Crippen LogP contribution in [0.5, 0.6) is 0 Å². The number of halogens is 3. The van der Waals surface area contributed by atoms with Gasteiger partial charge in [-0.05, 0) is 34.1 Å². The average molecular weight is 535 g/mol. The van der Waals surface area contributed by atoms with Crippen LogP contribution in [-0.4, -0.2) is 93.1 Å². The van der Waals surface area contributed by atoms with Crippen molar-refractivity contribution in [2.45, 2.75) is 90.5 Å². The summed E-state index contributed by atoms with van der Waals surface area (Å²) in [4.78, 5) is 20.5. The van der Waals surface area contributed by atoms with Crippen molar-refractivity contribution in [3.8, 4) is 0 Å². The average Bonchev–Trinajstić information content (AvgIpc) is 3.44. The van der Waals surface area contributed by atoms with Gasteiger partial charge in [0.25, 0.3) is 11.9 Å². The lowest BCUT2D eigenvalue weighted by Gasteiger charge is -2.27. The summed E-state index contributed by atoms with van der Waals surface area (Å²) in [5.41, 5.74) is 0. The van der Waals surface area contributed by atoms with Gasteiger partial charge < -0.3 is 43.0 Å². The summed E-state index contributed by atoms with van der Waals surface area (Å²) in [5.74, 6) is -5.12. The van der Waals surface area contributed by atoms with Crippen molar-refractivity contribution >= 4 is 11.9 Å². The van der Waals surface area contributed by atoms with E-state index in [0.29, 0.717) is 32.8 Å². The van der Waals surface area contributed by atoms with E-state index in [1.54, 1.807) is 13.8 Å². The van der Waals surface area contributed by atoms with E-state index >= 15 is 0 Å². The van der Waals surface area contributed by atoms with Crippen LogP contribution in [0.1, 0.15) is 48.0 Å². The van der Waals surface area contributed by atoms with E-state index in [1.165, 1.54) is 7.11 Å². The van der Waals surface area contributed by atoms with Crippen LogP contribution in [0.2, 0.25) is 0 Å². The molecule has 0 saturated carbocycles. The Morgan fingerprint density at radius 2 is 1.42 bits per heavy atom. The van der Waals surface area contributed by atoms with Crippen LogP contribution >= 0.6 is 0 Å². The lowest BCUT2D eigenvalue weighted by atomic mass is 9.85. The van der Waals surface area contributed by atoms with Crippen molar-refractivity contribution < 1.29 is 65.8 Å². The second-order valence-corrected chi connectivity index (χ2v) is 7.93. The Bertz CT molecular complexity index is 688. The molecule has 0 aromatic heterocycles. The number of carbonyl (C=O) groups is 2. The van der Waals surface area contributed by atoms with Crippen LogP contribution in [0.4, 0.5) is 13.2 Å². The van der Waals surface area contributed by atoms with Gasteiger partial charge in [-0.2, -0.15) is 13.2 Å². The Morgan fingerprint density at radius 1 is 0.944 bits per heavy atom. The number of esters is 1. The summed E-state index contributed by atoms with van der Waals surface area (Å²) in [5, 5.41) is 7.12. The molecule has 1 N–H and O–H groups in total. The maximum atomic E-state index is 11.6. The molecule has 3 aliphatic rings. The Kier molecular flexibility index (Phi) is 12.5. The van der Waals surface area contributed by atoms with Crippen LogP contribution in [0.25, 0.3) is 0 Å². The van der Waals surface area contributed by atoms with Gasteiger partial charge in [-0.1, -0.05) is 0 Å². The summed E-state index contributed by atoms with van der Waals surface area (Å²) >= 11 is 0. The van der Waals surface area contributed by atoms with Crippen molar-refractivity contribution in [2.75, 3.05) is 33.5 Å². The first-order chi connectivity index (χ1) is 16.7. The van der Waals surface area contributed by atoms with Gasteiger partial charge in [-0.15, -0.1) is 0 Å². The van der Waals surface area contributed by atoms with Crippen LogP contribution in [0.15, 0.2) is 0 Å². The number of carbonyl (C=O) groups excluding carboxylic acids is 1. The topological polar surface area (TPSA) is 128 Å². The summed E-state index contributed by atoms with van der Waals surface area (Å²) in [7, 11) is 1.39.